The molecule has 0 heteroatoms. The SMILES string of the molecule is C.C/C=C(\C)[C@H](CCC)C(C)C. The molecule has 0 aromatic rings. The molecule has 0 rings (SSSR count). The lowest BCUT2D eigenvalue weighted by Crippen LogP contribution is -2.09. The maximum atomic E-state index is 2.31. The van der Waals surface area contributed by atoms with E-state index in [4.69, 9.17) is 0 Å². The summed E-state index contributed by atoms with van der Waals surface area (Å²) in [5.74, 6) is 1.61. The Morgan fingerprint density at radius 2 is 1.83 bits per heavy atom. The van der Waals surface area contributed by atoms with Gasteiger partial charge in [0.05, 0.1) is 0 Å². The fraction of sp³-hybridized carbons (Fsp3) is 0.833. The van der Waals surface area contributed by atoms with Crippen LogP contribution in [-0.4, -0.2) is 0 Å². The van der Waals surface area contributed by atoms with Crippen LogP contribution >= 0.6 is 0 Å². The standard InChI is InChI=1S/C11H22.CH4/c1-6-8-11(9(3)4)10(5)7-2;/h7,9,11H,6,8H2,1-5H3;1H4/b10-7+;/t11-;/m1./s1. The first-order chi connectivity index (χ1) is 5.13. The third kappa shape index (κ3) is 4.58. The summed E-state index contributed by atoms with van der Waals surface area (Å²) in [5, 5.41) is 0. The molecule has 0 amide bonds. The summed E-state index contributed by atoms with van der Waals surface area (Å²) in [6, 6.07) is 0. The van der Waals surface area contributed by atoms with Gasteiger partial charge in [0, 0.05) is 0 Å². The quantitative estimate of drug-likeness (QED) is 0.538. The summed E-state index contributed by atoms with van der Waals surface area (Å²) >= 11 is 0. The molecule has 12 heavy (non-hydrogen) atoms. The van der Waals surface area contributed by atoms with Gasteiger partial charge < -0.3 is 0 Å². The maximum absolute atomic E-state index is 2.31. The predicted molar refractivity (Wildman–Crippen MR) is 59.4 cm³/mol. The Hall–Kier alpha value is -0.260. The third-order valence-corrected chi connectivity index (χ3v) is 2.44. The van der Waals surface area contributed by atoms with Gasteiger partial charge in [-0.15, -0.1) is 0 Å². The van der Waals surface area contributed by atoms with Gasteiger partial charge in [0.1, 0.15) is 0 Å². The molecular weight excluding hydrogens is 144 g/mol. The molecule has 0 saturated heterocycles. The Morgan fingerprint density at radius 3 is 2.08 bits per heavy atom. The van der Waals surface area contributed by atoms with E-state index in [0.29, 0.717) is 0 Å². The monoisotopic (exact) mass is 170 g/mol. The molecule has 1 atom stereocenters. The summed E-state index contributed by atoms with van der Waals surface area (Å²) < 4.78 is 0. The van der Waals surface area contributed by atoms with Crippen molar-refractivity contribution in [2.75, 3.05) is 0 Å². The molecular formula is C12H26. The van der Waals surface area contributed by atoms with Crippen molar-refractivity contribution < 1.29 is 0 Å². The molecule has 0 bridgehead atoms. The largest absolute Gasteiger partial charge is 0.0884 e. The zero-order valence-corrected chi connectivity index (χ0v) is 8.65. The second-order valence-electron chi connectivity index (χ2n) is 3.67. The molecule has 0 nitrogen and oxygen atoms in total. The van der Waals surface area contributed by atoms with E-state index in [2.05, 4.69) is 40.7 Å². The summed E-state index contributed by atoms with van der Waals surface area (Å²) in [7, 11) is 0. The summed E-state index contributed by atoms with van der Waals surface area (Å²) in [5.41, 5.74) is 1.56. The van der Waals surface area contributed by atoms with Crippen LogP contribution in [0, 0.1) is 11.8 Å². The van der Waals surface area contributed by atoms with Crippen molar-refractivity contribution in [3.05, 3.63) is 11.6 Å². The number of hydrogen-bond acceptors (Lipinski definition) is 0. The fourth-order valence-electron chi connectivity index (χ4n) is 1.61. The van der Waals surface area contributed by atoms with Gasteiger partial charge in [0.25, 0.3) is 0 Å². The third-order valence-electron chi connectivity index (χ3n) is 2.44. The summed E-state index contributed by atoms with van der Waals surface area (Å²) in [6.45, 7) is 11.3. The molecule has 0 aliphatic rings. The second-order valence-corrected chi connectivity index (χ2v) is 3.67. The minimum absolute atomic E-state index is 0. The highest BCUT2D eigenvalue weighted by Gasteiger charge is 2.12. The molecule has 0 unspecified atom stereocenters. The normalized spacial score (nSPS) is 14.3. The van der Waals surface area contributed by atoms with Crippen LogP contribution in [0.4, 0.5) is 0 Å². The summed E-state index contributed by atoms with van der Waals surface area (Å²) in [4.78, 5) is 0. The van der Waals surface area contributed by atoms with Crippen LogP contribution in [-0.2, 0) is 0 Å². The second kappa shape index (κ2) is 7.39. The molecule has 0 spiro atoms. The van der Waals surface area contributed by atoms with Gasteiger partial charge in [-0.05, 0) is 32.1 Å². The highest BCUT2D eigenvalue weighted by molar-refractivity contribution is 5.02. The van der Waals surface area contributed by atoms with E-state index in [0.717, 1.165) is 11.8 Å². The van der Waals surface area contributed by atoms with Gasteiger partial charge in [-0.25, -0.2) is 0 Å². The van der Waals surface area contributed by atoms with Crippen LogP contribution in [0.5, 0.6) is 0 Å². The Morgan fingerprint density at radius 1 is 1.33 bits per heavy atom. The average molecular weight is 170 g/mol. The molecule has 0 N–H and O–H groups in total. The maximum Gasteiger partial charge on any atom is -0.0183 e. The first-order valence-corrected chi connectivity index (χ1v) is 4.76. The average Bonchev–Trinajstić information content (AvgIpc) is 1.98. The van der Waals surface area contributed by atoms with E-state index in [1.165, 1.54) is 12.8 Å². The number of hydrogen-bond donors (Lipinski definition) is 0. The topological polar surface area (TPSA) is 0 Å². The van der Waals surface area contributed by atoms with Crippen LogP contribution in [0.2, 0.25) is 0 Å². The van der Waals surface area contributed by atoms with Crippen LogP contribution in [0.1, 0.15) is 54.9 Å². The molecule has 0 radical (unpaired) electrons. The first kappa shape index (κ1) is 14.3. The molecule has 0 aliphatic carbocycles. The van der Waals surface area contributed by atoms with Gasteiger partial charge in [-0.3, -0.25) is 0 Å². The zero-order valence-electron chi connectivity index (χ0n) is 8.65. The molecule has 74 valence electrons. The van der Waals surface area contributed by atoms with Crippen LogP contribution in [0.15, 0.2) is 11.6 Å². The minimum Gasteiger partial charge on any atom is -0.0884 e. The lowest BCUT2D eigenvalue weighted by molar-refractivity contribution is 0.410. The van der Waals surface area contributed by atoms with Crippen LogP contribution in [0.3, 0.4) is 0 Å². The Balaban J connectivity index is 0. The van der Waals surface area contributed by atoms with Gasteiger partial charge in [0.2, 0.25) is 0 Å². The van der Waals surface area contributed by atoms with Crippen LogP contribution < -0.4 is 0 Å². The van der Waals surface area contributed by atoms with Crippen molar-refractivity contribution in [1.29, 1.82) is 0 Å². The minimum atomic E-state index is 0. The zero-order chi connectivity index (χ0) is 8.85. The van der Waals surface area contributed by atoms with Crippen molar-refractivity contribution in [3.8, 4) is 0 Å². The first-order valence-electron chi connectivity index (χ1n) is 4.76. The van der Waals surface area contributed by atoms with Crippen molar-refractivity contribution in [2.24, 2.45) is 11.8 Å². The van der Waals surface area contributed by atoms with E-state index in [1.807, 2.05) is 0 Å². The number of allylic oxidation sites excluding steroid dienone is 2. The predicted octanol–water partition coefficient (Wildman–Crippen LogP) is 4.66. The fourth-order valence-corrected chi connectivity index (χ4v) is 1.61. The van der Waals surface area contributed by atoms with Gasteiger partial charge >= 0.3 is 0 Å². The van der Waals surface area contributed by atoms with E-state index in [1.54, 1.807) is 5.57 Å². The van der Waals surface area contributed by atoms with Crippen molar-refractivity contribution in [2.45, 2.75) is 54.9 Å². The van der Waals surface area contributed by atoms with Gasteiger partial charge in [-0.2, -0.15) is 0 Å². The highest BCUT2D eigenvalue weighted by atomic mass is 14.2. The van der Waals surface area contributed by atoms with E-state index < -0.39 is 0 Å². The molecule has 0 heterocycles. The Kier molecular flexibility index (Phi) is 8.79. The van der Waals surface area contributed by atoms with Crippen molar-refractivity contribution in [1.82, 2.24) is 0 Å². The highest BCUT2D eigenvalue weighted by Crippen LogP contribution is 2.24. The van der Waals surface area contributed by atoms with Gasteiger partial charge in [-0.1, -0.05) is 46.3 Å². The van der Waals surface area contributed by atoms with Crippen molar-refractivity contribution in [3.63, 3.8) is 0 Å². The van der Waals surface area contributed by atoms with Crippen molar-refractivity contribution >= 4 is 0 Å². The van der Waals surface area contributed by atoms with Gasteiger partial charge in [0.15, 0.2) is 0 Å². The lowest BCUT2D eigenvalue weighted by Gasteiger charge is -2.20. The van der Waals surface area contributed by atoms with E-state index in [-0.39, 0.29) is 7.43 Å². The van der Waals surface area contributed by atoms with E-state index in [9.17, 15) is 0 Å². The van der Waals surface area contributed by atoms with E-state index >= 15 is 0 Å². The smallest absolute Gasteiger partial charge is 0.0183 e. The molecule has 0 aliphatic heterocycles. The number of rotatable bonds is 4. The molecule has 0 fully saturated rings. The Bertz CT molecular complexity index is 120. The molecule has 0 saturated carbocycles. The summed E-state index contributed by atoms with van der Waals surface area (Å²) in [6.07, 6.45) is 4.89. The van der Waals surface area contributed by atoms with Crippen LogP contribution in [0.25, 0.3) is 0 Å². The molecule has 0 aromatic heterocycles. The molecule has 0 aromatic carbocycles. The Labute approximate surface area is 79.1 Å². The lowest BCUT2D eigenvalue weighted by atomic mass is 9.85.